The highest BCUT2D eigenvalue weighted by atomic mass is 16.5. The molecular weight excluding hydrogens is 246 g/mol. The van der Waals surface area contributed by atoms with Gasteiger partial charge in [-0.1, -0.05) is 20.8 Å². The first-order valence-corrected chi connectivity index (χ1v) is 7.79. The number of nitrogens with one attached hydrogen (secondary N) is 1. The van der Waals surface area contributed by atoms with E-state index in [-0.39, 0.29) is 0 Å². The number of rotatable bonds is 3. The molecule has 3 rings (SSSR count). The summed E-state index contributed by atoms with van der Waals surface area (Å²) in [5.41, 5.74) is 3.42. The Bertz CT molecular complexity index is 522. The van der Waals surface area contributed by atoms with E-state index in [2.05, 4.69) is 51.2 Å². The molecule has 0 aromatic heterocycles. The highest BCUT2D eigenvalue weighted by Gasteiger charge is 2.61. The second-order valence-electron chi connectivity index (χ2n) is 7.49. The molecule has 2 nitrogen and oxygen atoms in total. The van der Waals surface area contributed by atoms with Gasteiger partial charge in [0.05, 0.1) is 7.11 Å². The lowest BCUT2D eigenvalue weighted by Crippen LogP contribution is -2.40. The monoisotopic (exact) mass is 273 g/mol. The Morgan fingerprint density at radius 1 is 1.25 bits per heavy atom. The molecule has 2 bridgehead atoms. The molecule has 1 aromatic rings. The van der Waals surface area contributed by atoms with Crippen LogP contribution < -0.4 is 10.1 Å². The van der Waals surface area contributed by atoms with Crippen molar-refractivity contribution in [2.24, 2.45) is 16.7 Å². The van der Waals surface area contributed by atoms with Gasteiger partial charge in [-0.2, -0.15) is 0 Å². The Morgan fingerprint density at radius 2 is 2.00 bits per heavy atom. The lowest BCUT2D eigenvalue weighted by Gasteiger charge is -2.40. The van der Waals surface area contributed by atoms with Crippen LogP contribution in [0.2, 0.25) is 0 Å². The molecule has 0 saturated heterocycles. The largest absolute Gasteiger partial charge is 0.497 e. The Morgan fingerprint density at radius 3 is 2.50 bits per heavy atom. The van der Waals surface area contributed by atoms with Crippen molar-refractivity contribution >= 4 is 5.69 Å². The van der Waals surface area contributed by atoms with Crippen molar-refractivity contribution in [1.82, 2.24) is 0 Å². The molecule has 2 fully saturated rings. The molecule has 1 aromatic carbocycles. The average Bonchev–Trinajstić information content (AvgIpc) is 2.74. The summed E-state index contributed by atoms with van der Waals surface area (Å²) in [4.78, 5) is 0. The van der Waals surface area contributed by atoms with Crippen molar-refractivity contribution in [2.45, 2.75) is 53.0 Å². The Labute approximate surface area is 122 Å². The minimum atomic E-state index is 0.421. The summed E-state index contributed by atoms with van der Waals surface area (Å²) in [6, 6.07) is 6.93. The van der Waals surface area contributed by atoms with Crippen molar-refractivity contribution < 1.29 is 4.74 Å². The molecular formula is C18H27NO. The molecule has 0 aliphatic heterocycles. The van der Waals surface area contributed by atoms with Gasteiger partial charge in [0, 0.05) is 11.7 Å². The van der Waals surface area contributed by atoms with Crippen LogP contribution in [0.4, 0.5) is 5.69 Å². The quantitative estimate of drug-likeness (QED) is 0.867. The van der Waals surface area contributed by atoms with Gasteiger partial charge in [-0.3, -0.25) is 0 Å². The maximum absolute atomic E-state index is 5.29. The Kier molecular flexibility index (Phi) is 3.04. The zero-order valence-corrected chi connectivity index (χ0v) is 13.4. The van der Waals surface area contributed by atoms with Gasteiger partial charge >= 0.3 is 0 Å². The van der Waals surface area contributed by atoms with E-state index in [1.807, 2.05) is 0 Å². The first-order chi connectivity index (χ1) is 9.38. The van der Waals surface area contributed by atoms with E-state index >= 15 is 0 Å². The molecule has 3 atom stereocenters. The number of hydrogen-bond donors (Lipinski definition) is 1. The first kappa shape index (κ1) is 13.8. The van der Waals surface area contributed by atoms with Crippen molar-refractivity contribution in [3.8, 4) is 5.75 Å². The van der Waals surface area contributed by atoms with E-state index < -0.39 is 0 Å². The van der Waals surface area contributed by atoms with Crippen LogP contribution in [0.3, 0.4) is 0 Å². The number of aryl methyl sites for hydroxylation is 1. The summed E-state index contributed by atoms with van der Waals surface area (Å²) in [6.45, 7) is 9.57. The standard InChI is InChI=1S/C18H27NO/c1-12-10-14(20-5)6-7-15(12)19-16-11-13-8-9-18(16,4)17(13,2)3/h6-7,10,13,16,19H,8-9,11H2,1-5H3. The van der Waals surface area contributed by atoms with Crippen LogP contribution in [-0.4, -0.2) is 13.2 Å². The molecule has 2 heteroatoms. The summed E-state index contributed by atoms with van der Waals surface area (Å²) >= 11 is 0. The lowest BCUT2D eigenvalue weighted by atomic mass is 9.69. The topological polar surface area (TPSA) is 21.3 Å². The first-order valence-electron chi connectivity index (χ1n) is 7.79. The van der Waals surface area contributed by atoms with Crippen LogP contribution in [0.15, 0.2) is 18.2 Å². The van der Waals surface area contributed by atoms with Crippen LogP contribution in [0.5, 0.6) is 5.75 Å². The van der Waals surface area contributed by atoms with Crippen molar-refractivity contribution in [3.63, 3.8) is 0 Å². The molecule has 0 radical (unpaired) electrons. The van der Waals surface area contributed by atoms with Gasteiger partial charge in [0.2, 0.25) is 0 Å². The minimum absolute atomic E-state index is 0.421. The number of ether oxygens (including phenoxy) is 1. The van der Waals surface area contributed by atoms with E-state index in [0.29, 0.717) is 16.9 Å². The van der Waals surface area contributed by atoms with Crippen LogP contribution >= 0.6 is 0 Å². The smallest absolute Gasteiger partial charge is 0.119 e. The molecule has 110 valence electrons. The summed E-state index contributed by atoms with van der Waals surface area (Å²) in [7, 11) is 1.72. The highest BCUT2D eigenvalue weighted by Crippen LogP contribution is 2.65. The number of hydrogen-bond acceptors (Lipinski definition) is 2. The molecule has 1 N–H and O–H groups in total. The Balaban J connectivity index is 1.83. The van der Waals surface area contributed by atoms with Crippen molar-refractivity contribution in [2.75, 3.05) is 12.4 Å². The van der Waals surface area contributed by atoms with Crippen LogP contribution in [0.25, 0.3) is 0 Å². The normalized spacial score (nSPS) is 34.2. The fraction of sp³-hybridized carbons (Fsp3) is 0.667. The van der Waals surface area contributed by atoms with Gasteiger partial charge in [-0.05, 0) is 66.7 Å². The summed E-state index contributed by atoms with van der Waals surface area (Å²) in [6.07, 6.45) is 4.08. The Hall–Kier alpha value is -1.18. The lowest BCUT2D eigenvalue weighted by molar-refractivity contribution is 0.142. The van der Waals surface area contributed by atoms with Crippen LogP contribution in [0, 0.1) is 23.7 Å². The second kappa shape index (κ2) is 4.41. The zero-order chi connectivity index (χ0) is 14.5. The SMILES string of the molecule is COc1ccc(NC2CC3CCC2(C)C3(C)C)c(C)c1. The third-order valence-corrected chi connectivity index (χ3v) is 6.56. The summed E-state index contributed by atoms with van der Waals surface area (Å²) < 4.78 is 5.29. The van der Waals surface area contributed by atoms with Crippen molar-refractivity contribution in [1.29, 1.82) is 0 Å². The van der Waals surface area contributed by atoms with Crippen molar-refractivity contribution in [3.05, 3.63) is 23.8 Å². The van der Waals surface area contributed by atoms with Gasteiger partial charge < -0.3 is 10.1 Å². The van der Waals surface area contributed by atoms with Crippen LogP contribution in [0.1, 0.15) is 45.6 Å². The predicted octanol–water partition coefficient (Wildman–Crippen LogP) is 4.63. The second-order valence-corrected chi connectivity index (χ2v) is 7.49. The number of fused-ring (bicyclic) bond motifs is 2. The minimum Gasteiger partial charge on any atom is -0.497 e. The fourth-order valence-electron chi connectivity index (χ4n) is 4.53. The molecule has 2 aliphatic rings. The van der Waals surface area contributed by atoms with Gasteiger partial charge in [0.1, 0.15) is 5.75 Å². The van der Waals surface area contributed by atoms with Gasteiger partial charge in [-0.25, -0.2) is 0 Å². The number of benzene rings is 1. The average molecular weight is 273 g/mol. The summed E-state index contributed by atoms with van der Waals surface area (Å²) in [5.74, 6) is 1.82. The molecule has 2 saturated carbocycles. The molecule has 0 amide bonds. The van der Waals surface area contributed by atoms with Gasteiger partial charge in [0.25, 0.3) is 0 Å². The van der Waals surface area contributed by atoms with Gasteiger partial charge in [0.15, 0.2) is 0 Å². The van der Waals surface area contributed by atoms with E-state index in [4.69, 9.17) is 4.74 Å². The fourth-order valence-corrected chi connectivity index (χ4v) is 4.53. The molecule has 0 heterocycles. The third-order valence-electron chi connectivity index (χ3n) is 6.56. The third kappa shape index (κ3) is 1.77. The number of methoxy groups -OCH3 is 1. The van der Waals surface area contributed by atoms with E-state index in [1.165, 1.54) is 30.5 Å². The van der Waals surface area contributed by atoms with E-state index in [1.54, 1.807) is 7.11 Å². The zero-order valence-electron chi connectivity index (χ0n) is 13.4. The predicted molar refractivity (Wildman–Crippen MR) is 84.4 cm³/mol. The molecule has 0 spiro atoms. The molecule has 20 heavy (non-hydrogen) atoms. The molecule has 2 aliphatic carbocycles. The summed E-state index contributed by atoms with van der Waals surface area (Å²) in [5, 5.41) is 3.83. The maximum atomic E-state index is 5.29. The van der Waals surface area contributed by atoms with E-state index in [0.717, 1.165) is 11.7 Å². The molecule has 3 unspecified atom stereocenters. The van der Waals surface area contributed by atoms with Gasteiger partial charge in [-0.15, -0.1) is 0 Å². The number of anilines is 1. The van der Waals surface area contributed by atoms with E-state index in [9.17, 15) is 0 Å². The van der Waals surface area contributed by atoms with Crippen LogP contribution in [-0.2, 0) is 0 Å². The maximum Gasteiger partial charge on any atom is 0.119 e. The highest BCUT2D eigenvalue weighted by molar-refractivity contribution is 5.55.